The van der Waals surface area contributed by atoms with Crippen molar-refractivity contribution in [2.24, 2.45) is 0 Å². The molecule has 0 spiro atoms. The first-order valence-corrected chi connectivity index (χ1v) is 10.1. The fraction of sp³-hybridized carbons (Fsp3) is 0. The minimum atomic E-state index is 0.737. The van der Waals surface area contributed by atoms with Crippen LogP contribution < -0.4 is 0 Å². The summed E-state index contributed by atoms with van der Waals surface area (Å²) in [6.07, 6.45) is 0. The fourth-order valence-electron chi connectivity index (χ4n) is 3.05. The predicted molar refractivity (Wildman–Crippen MR) is 120 cm³/mol. The van der Waals surface area contributed by atoms with Crippen LogP contribution >= 0.6 is 39.1 Å². The summed E-state index contributed by atoms with van der Waals surface area (Å²) in [7, 11) is 0. The fourth-order valence-corrected chi connectivity index (χ4v) is 3.57. The molecule has 4 aromatic rings. The third-order valence-corrected chi connectivity index (χ3v) is 5.50. The Balaban J connectivity index is 1.89. The first kappa shape index (κ1) is 18.3. The molecule has 0 aliphatic heterocycles. The van der Waals surface area contributed by atoms with Crippen molar-refractivity contribution >= 4 is 39.1 Å². The number of hydrogen-bond donors (Lipinski definition) is 0. The summed E-state index contributed by atoms with van der Waals surface area (Å²) in [6.45, 7) is 0. The third-order valence-electron chi connectivity index (χ3n) is 4.47. The SMILES string of the molecule is Clc1ccc(-c2cc(-c3ccc(Cl)cc3)cc(-c3ccc(Br)cc3)c2)cc1. The zero-order valence-corrected chi connectivity index (χ0v) is 17.4. The molecule has 0 saturated heterocycles. The van der Waals surface area contributed by atoms with E-state index in [0.717, 1.165) is 36.8 Å². The Morgan fingerprint density at radius 1 is 0.407 bits per heavy atom. The molecule has 4 rings (SSSR count). The Morgan fingerprint density at radius 2 is 0.704 bits per heavy atom. The van der Waals surface area contributed by atoms with Gasteiger partial charge in [0.25, 0.3) is 0 Å². The van der Waals surface area contributed by atoms with E-state index in [1.807, 2.05) is 24.3 Å². The van der Waals surface area contributed by atoms with Gasteiger partial charge in [0.15, 0.2) is 0 Å². The monoisotopic (exact) mass is 452 g/mol. The maximum Gasteiger partial charge on any atom is 0.0406 e. The Labute approximate surface area is 177 Å². The molecular formula is C24H15BrCl2. The molecule has 0 radical (unpaired) electrons. The molecule has 132 valence electrons. The van der Waals surface area contributed by atoms with E-state index in [-0.39, 0.29) is 0 Å². The molecule has 0 aromatic heterocycles. The molecule has 0 saturated carbocycles. The molecule has 27 heavy (non-hydrogen) atoms. The van der Waals surface area contributed by atoms with Gasteiger partial charge in [0.2, 0.25) is 0 Å². The molecule has 0 atom stereocenters. The van der Waals surface area contributed by atoms with Crippen LogP contribution in [0.3, 0.4) is 0 Å². The third kappa shape index (κ3) is 4.27. The summed E-state index contributed by atoms with van der Waals surface area (Å²) in [6, 6.07) is 30.9. The molecule has 4 aromatic carbocycles. The van der Waals surface area contributed by atoms with Gasteiger partial charge in [-0.3, -0.25) is 0 Å². The first-order chi connectivity index (χ1) is 13.1. The molecule has 0 bridgehead atoms. The largest absolute Gasteiger partial charge is 0.0843 e. The predicted octanol–water partition coefficient (Wildman–Crippen LogP) is 8.76. The molecule has 0 fully saturated rings. The van der Waals surface area contributed by atoms with Crippen molar-refractivity contribution in [3.8, 4) is 33.4 Å². The Bertz CT molecular complexity index is 913. The van der Waals surface area contributed by atoms with Crippen molar-refractivity contribution in [2.45, 2.75) is 0 Å². The van der Waals surface area contributed by atoms with E-state index in [4.69, 9.17) is 23.2 Å². The molecule has 0 unspecified atom stereocenters. The molecule has 3 heteroatoms. The molecule has 0 N–H and O–H groups in total. The van der Waals surface area contributed by atoms with Crippen LogP contribution in [0.25, 0.3) is 33.4 Å². The average Bonchev–Trinajstić information content (AvgIpc) is 2.69. The van der Waals surface area contributed by atoms with E-state index in [9.17, 15) is 0 Å². The van der Waals surface area contributed by atoms with Gasteiger partial charge in [-0.1, -0.05) is 75.5 Å². The van der Waals surface area contributed by atoms with Crippen LogP contribution in [-0.4, -0.2) is 0 Å². The highest BCUT2D eigenvalue weighted by Crippen LogP contribution is 2.34. The van der Waals surface area contributed by atoms with Gasteiger partial charge in [0.05, 0.1) is 0 Å². The van der Waals surface area contributed by atoms with Gasteiger partial charge in [-0.2, -0.15) is 0 Å². The number of benzene rings is 4. The van der Waals surface area contributed by atoms with Gasteiger partial charge in [0.1, 0.15) is 0 Å². The molecule has 0 nitrogen and oxygen atoms in total. The lowest BCUT2D eigenvalue weighted by molar-refractivity contribution is 1.56. The molecule has 0 heterocycles. The van der Waals surface area contributed by atoms with E-state index >= 15 is 0 Å². The zero-order valence-electron chi connectivity index (χ0n) is 14.3. The van der Waals surface area contributed by atoms with Crippen LogP contribution in [-0.2, 0) is 0 Å². The molecule has 0 aliphatic carbocycles. The summed E-state index contributed by atoms with van der Waals surface area (Å²) >= 11 is 15.6. The summed E-state index contributed by atoms with van der Waals surface area (Å²) < 4.78 is 1.07. The highest BCUT2D eigenvalue weighted by molar-refractivity contribution is 9.10. The Kier molecular flexibility index (Phi) is 5.36. The smallest absolute Gasteiger partial charge is 0.0406 e. The topological polar surface area (TPSA) is 0 Å². The van der Waals surface area contributed by atoms with Crippen molar-refractivity contribution < 1.29 is 0 Å². The van der Waals surface area contributed by atoms with Crippen LogP contribution in [0.1, 0.15) is 0 Å². The van der Waals surface area contributed by atoms with Crippen LogP contribution in [0.15, 0.2) is 95.5 Å². The second-order valence-electron chi connectivity index (χ2n) is 6.32. The number of hydrogen-bond acceptors (Lipinski definition) is 0. The van der Waals surface area contributed by atoms with Crippen LogP contribution in [0, 0.1) is 0 Å². The lowest BCUT2D eigenvalue weighted by atomic mass is 9.93. The summed E-state index contributed by atoms with van der Waals surface area (Å²) in [5.41, 5.74) is 6.90. The van der Waals surface area contributed by atoms with Crippen LogP contribution in [0.2, 0.25) is 10.0 Å². The van der Waals surface area contributed by atoms with Crippen LogP contribution in [0.4, 0.5) is 0 Å². The van der Waals surface area contributed by atoms with Gasteiger partial charge in [-0.25, -0.2) is 0 Å². The Morgan fingerprint density at radius 3 is 1.04 bits per heavy atom. The summed E-state index contributed by atoms with van der Waals surface area (Å²) in [5.74, 6) is 0. The summed E-state index contributed by atoms with van der Waals surface area (Å²) in [5, 5.41) is 1.47. The van der Waals surface area contributed by atoms with E-state index in [2.05, 4.69) is 82.7 Å². The van der Waals surface area contributed by atoms with Crippen LogP contribution in [0.5, 0.6) is 0 Å². The number of halogens is 3. The maximum absolute atomic E-state index is 6.07. The van der Waals surface area contributed by atoms with Gasteiger partial charge in [-0.15, -0.1) is 0 Å². The quantitative estimate of drug-likeness (QED) is 0.290. The van der Waals surface area contributed by atoms with Crippen molar-refractivity contribution in [1.29, 1.82) is 0 Å². The average molecular weight is 454 g/mol. The van der Waals surface area contributed by atoms with E-state index in [0.29, 0.717) is 0 Å². The maximum atomic E-state index is 6.07. The lowest BCUT2D eigenvalue weighted by Gasteiger charge is -2.12. The summed E-state index contributed by atoms with van der Waals surface area (Å²) in [4.78, 5) is 0. The van der Waals surface area contributed by atoms with Gasteiger partial charge >= 0.3 is 0 Å². The van der Waals surface area contributed by atoms with E-state index in [1.54, 1.807) is 0 Å². The minimum Gasteiger partial charge on any atom is -0.0843 e. The molecular weight excluding hydrogens is 439 g/mol. The second-order valence-corrected chi connectivity index (χ2v) is 8.11. The zero-order chi connectivity index (χ0) is 18.8. The van der Waals surface area contributed by atoms with Crippen molar-refractivity contribution in [3.05, 3.63) is 106 Å². The van der Waals surface area contributed by atoms with Crippen molar-refractivity contribution in [3.63, 3.8) is 0 Å². The van der Waals surface area contributed by atoms with Gasteiger partial charge in [0, 0.05) is 14.5 Å². The Hall–Kier alpha value is -2.06. The highest BCUT2D eigenvalue weighted by atomic mass is 79.9. The highest BCUT2D eigenvalue weighted by Gasteiger charge is 2.08. The van der Waals surface area contributed by atoms with Gasteiger partial charge in [-0.05, 0) is 88.0 Å². The molecule has 0 aliphatic rings. The van der Waals surface area contributed by atoms with E-state index in [1.165, 1.54) is 11.1 Å². The minimum absolute atomic E-state index is 0.737. The number of rotatable bonds is 3. The van der Waals surface area contributed by atoms with Crippen molar-refractivity contribution in [1.82, 2.24) is 0 Å². The standard InChI is InChI=1S/C24H15BrCl2/c25-22-7-1-16(2-8-22)19-13-20(17-3-9-23(26)10-4-17)15-21(14-19)18-5-11-24(27)12-6-18/h1-15H. The van der Waals surface area contributed by atoms with Crippen molar-refractivity contribution in [2.75, 3.05) is 0 Å². The van der Waals surface area contributed by atoms with Gasteiger partial charge < -0.3 is 0 Å². The second kappa shape index (κ2) is 7.90. The first-order valence-electron chi connectivity index (χ1n) is 8.51. The molecule has 0 amide bonds. The normalized spacial score (nSPS) is 10.8. The lowest BCUT2D eigenvalue weighted by Crippen LogP contribution is -1.86. The van der Waals surface area contributed by atoms with E-state index < -0.39 is 0 Å².